The zero-order chi connectivity index (χ0) is 14.0. The molecule has 0 fully saturated rings. The molecule has 0 bridgehead atoms. The minimum Gasteiger partial charge on any atom is -0.483 e. The molecule has 0 radical (unpaired) electrons. The van der Waals surface area contributed by atoms with Gasteiger partial charge in [0.1, 0.15) is 17.3 Å². The van der Waals surface area contributed by atoms with E-state index in [1.165, 1.54) is 30.3 Å². The highest BCUT2D eigenvalue weighted by Gasteiger charge is 2.15. The van der Waals surface area contributed by atoms with Crippen LogP contribution in [0.4, 0.5) is 4.39 Å². The second kappa shape index (κ2) is 5.32. The van der Waals surface area contributed by atoms with E-state index in [-0.39, 0.29) is 10.8 Å². The molecule has 1 aromatic heterocycles. The molecule has 1 atom stereocenters. The van der Waals surface area contributed by atoms with Crippen LogP contribution in [0.3, 0.4) is 0 Å². The molecule has 1 N–H and O–H groups in total. The Morgan fingerprint density at radius 3 is 2.74 bits per heavy atom. The lowest BCUT2D eigenvalue weighted by molar-refractivity contribution is 0.0655. The Morgan fingerprint density at radius 1 is 1.42 bits per heavy atom. The van der Waals surface area contributed by atoms with Crippen molar-refractivity contribution in [2.24, 2.45) is 0 Å². The van der Waals surface area contributed by atoms with Crippen LogP contribution in [0.5, 0.6) is 5.75 Å². The van der Waals surface area contributed by atoms with Crippen molar-refractivity contribution in [3.8, 4) is 5.75 Å². The maximum absolute atomic E-state index is 13.0. The maximum atomic E-state index is 13.0. The van der Waals surface area contributed by atoms with Crippen molar-refractivity contribution in [2.45, 2.75) is 13.0 Å². The van der Waals surface area contributed by atoms with Crippen LogP contribution < -0.4 is 4.74 Å². The van der Waals surface area contributed by atoms with Gasteiger partial charge in [0, 0.05) is 6.07 Å². The number of furan rings is 1. The molecule has 2 rings (SSSR count). The fourth-order valence-corrected chi connectivity index (χ4v) is 1.67. The summed E-state index contributed by atoms with van der Waals surface area (Å²) in [6.07, 6.45) is -0.519. The average molecular weight is 285 g/mol. The van der Waals surface area contributed by atoms with Gasteiger partial charge in [0.05, 0.1) is 5.02 Å². The summed E-state index contributed by atoms with van der Waals surface area (Å²) in [5.74, 6) is -1.12. The van der Waals surface area contributed by atoms with E-state index in [9.17, 15) is 9.18 Å². The van der Waals surface area contributed by atoms with E-state index in [0.717, 1.165) is 0 Å². The molecule has 0 saturated carbocycles. The van der Waals surface area contributed by atoms with Crippen molar-refractivity contribution in [1.82, 2.24) is 0 Å². The van der Waals surface area contributed by atoms with Gasteiger partial charge in [-0.15, -0.1) is 0 Å². The number of carbonyl (C=O) groups is 1. The Balaban J connectivity index is 2.13. The number of benzene rings is 1. The molecule has 0 spiro atoms. The van der Waals surface area contributed by atoms with Crippen molar-refractivity contribution in [2.75, 3.05) is 0 Å². The van der Waals surface area contributed by atoms with E-state index in [0.29, 0.717) is 11.5 Å². The van der Waals surface area contributed by atoms with Crippen molar-refractivity contribution < 1.29 is 23.4 Å². The van der Waals surface area contributed by atoms with Gasteiger partial charge >= 0.3 is 5.97 Å². The van der Waals surface area contributed by atoms with Gasteiger partial charge in [-0.25, -0.2) is 9.18 Å². The van der Waals surface area contributed by atoms with E-state index in [4.69, 9.17) is 25.9 Å². The van der Waals surface area contributed by atoms with Crippen LogP contribution in [0.15, 0.2) is 34.7 Å². The molecule has 19 heavy (non-hydrogen) atoms. The highest BCUT2D eigenvalue weighted by Crippen LogP contribution is 2.26. The third kappa shape index (κ3) is 3.06. The Labute approximate surface area is 113 Å². The lowest BCUT2D eigenvalue weighted by Crippen LogP contribution is -2.02. The number of rotatable bonds is 4. The van der Waals surface area contributed by atoms with Crippen molar-refractivity contribution >= 4 is 17.6 Å². The molecule has 2 aromatic rings. The van der Waals surface area contributed by atoms with Gasteiger partial charge in [-0.3, -0.25) is 0 Å². The van der Waals surface area contributed by atoms with Gasteiger partial charge in [-0.2, -0.15) is 0 Å². The smallest absolute Gasteiger partial charge is 0.371 e. The van der Waals surface area contributed by atoms with Gasteiger partial charge in [0.25, 0.3) is 0 Å². The third-order valence-corrected chi connectivity index (χ3v) is 2.73. The lowest BCUT2D eigenvalue weighted by Gasteiger charge is -2.12. The van der Waals surface area contributed by atoms with Crippen molar-refractivity contribution in [3.63, 3.8) is 0 Å². The number of hydrogen-bond donors (Lipinski definition) is 1. The zero-order valence-corrected chi connectivity index (χ0v) is 10.6. The van der Waals surface area contributed by atoms with Gasteiger partial charge in [-0.05, 0) is 31.2 Å². The first-order valence-electron chi connectivity index (χ1n) is 5.42. The Bertz CT molecular complexity index is 608. The molecule has 0 amide bonds. The molecule has 1 aromatic carbocycles. The lowest BCUT2D eigenvalue weighted by atomic mass is 10.3. The quantitative estimate of drug-likeness (QED) is 0.924. The molecular weight excluding hydrogens is 275 g/mol. The number of carboxylic acids is 1. The number of halogens is 2. The van der Waals surface area contributed by atoms with Crippen LogP contribution in [0.2, 0.25) is 5.02 Å². The van der Waals surface area contributed by atoms with Crippen LogP contribution in [-0.4, -0.2) is 11.1 Å². The van der Waals surface area contributed by atoms with Crippen LogP contribution in [-0.2, 0) is 0 Å². The zero-order valence-electron chi connectivity index (χ0n) is 9.89. The van der Waals surface area contributed by atoms with Crippen LogP contribution in [0.25, 0.3) is 0 Å². The molecule has 0 aliphatic carbocycles. The summed E-state index contributed by atoms with van der Waals surface area (Å²) in [4.78, 5) is 10.7. The van der Waals surface area contributed by atoms with E-state index >= 15 is 0 Å². The van der Waals surface area contributed by atoms with E-state index in [2.05, 4.69) is 0 Å². The topological polar surface area (TPSA) is 59.7 Å². The number of hydrogen-bond acceptors (Lipinski definition) is 3. The first-order chi connectivity index (χ1) is 8.97. The van der Waals surface area contributed by atoms with Crippen molar-refractivity contribution in [3.05, 3.63) is 52.7 Å². The monoisotopic (exact) mass is 284 g/mol. The minimum absolute atomic E-state index is 0.0460. The predicted molar refractivity (Wildman–Crippen MR) is 66.1 cm³/mol. The Morgan fingerprint density at radius 2 is 2.16 bits per heavy atom. The summed E-state index contributed by atoms with van der Waals surface area (Å²) >= 11 is 5.63. The summed E-state index contributed by atoms with van der Waals surface area (Å²) in [6, 6.07) is 6.82. The highest BCUT2D eigenvalue weighted by atomic mass is 35.5. The SMILES string of the molecule is CC(Oc1ccc(F)c(Cl)c1)c1ccc(C(=O)O)o1. The molecule has 0 aliphatic rings. The second-order valence-electron chi connectivity index (χ2n) is 3.84. The van der Waals surface area contributed by atoms with Crippen LogP contribution >= 0.6 is 11.6 Å². The Kier molecular flexibility index (Phi) is 3.76. The number of ether oxygens (including phenoxy) is 1. The second-order valence-corrected chi connectivity index (χ2v) is 4.25. The molecule has 6 heteroatoms. The first-order valence-corrected chi connectivity index (χ1v) is 5.80. The summed E-state index contributed by atoms with van der Waals surface area (Å²) < 4.78 is 23.6. The largest absolute Gasteiger partial charge is 0.483 e. The molecule has 100 valence electrons. The summed E-state index contributed by atoms with van der Waals surface area (Å²) in [7, 11) is 0. The first kappa shape index (κ1) is 13.4. The molecule has 0 saturated heterocycles. The highest BCUT2D eigenvalue weighted by molar-refractivity contribution is 6.30. The molecular formula is C13H10ClFO4. The van der Waals surface area contributed by atoms with Crippen LogP contribution in [0, 0.1) is 5.82 Å². The molecule has 4 nitrogen and oxygen atoms in total. The van der Waals surface area contributed by atoms with Gasteiger partial charge in [0.15, 0.2) is 6.10 Å². The van der Waals surface area contributed by atoms with E-state index in [1.54, 1.807) is 6.92 Å². The summed E-state index contributed by atoms with van der Waals surface area (Å²) in [5.41, 5.74) is 0. The van der Waals surface area contributed by atoms with E-state index in [1.807, 2.05) is 0 Å². The number of carboxylic acid groups (broad SMARTS) is 1. The minimum atomic E-state index is -1.15. The molecule has 1 unspecified atom stereocenters. The average Bonchev–Trinajstić information content (AvgIpc) is 2.83. The fraction of sp³-hybridized carbons (Fsp3) is 0.154. The molecule has 0 aliphatic heterocycles. The third-order valence-electron chi connectivity index (χ3n) is 2.44. The van der Waals surface area contributed by atoms with Gasteiger partial charge < -0.3 is 14.3 Å². The summed E-state index contributed by atoms with van der Waals surface area (Å²) in [6.45, 7) is 1.68. The molecule has 1 heterocycles. The van der Waals surface area contributed by atoms with Gasteiger partial charge in [-0.1, -0.05) is 11.6 Å². The Hall–Kier alpha value is -2.01. The van der Waals surface area contributed by atoms with Crippen LogP contribution in [0.1, 0.15) is 29.3 Å². The predicted octanol–water partition coefficient (Wildman–Crippen LogP) is 3.91. The van der Waals surface area contributed by atoms with Crippen molar-refractivity contribution in [1.29, 1.82) is 0 Å². The normalized spacial score (nSPS) is 12.2. The standard InChI is InChI=1S/C13H10ClFO4/c1-7(11-4-5-12(19-11)13(16)17)18-8-2-3-10(15)9(14)6-8/h2-7H,1H3,(H,16,17). The summed E-state index contributed by atoms with van der Waals surface area (Å²) in [5, 5.41) is 8.70. The maximum Gasteiger partial charge on any atom is 0.371 e. The number of aromatic carboxylic acids is 1. The van der Waals surface area contributed by atoms with Gasteiger partial charge in [0.2, 0.25) is 5.76 Å². The van der Waals surface area contributed by atoms with E-state index < -0.39 is 17.9 Å². The fourth-order valence-electron chi connectivity index (χ4n) is 1.50.